The molecule has 0 unspecified atom stereocenters. The number of hydrogen-bond donors (Lipinski definition) is 0. The molecule has 3 rings (SSSR count). The van der Waals surface area contributed by atoms with E-state index < -0.39 is 10.8 Å². The van der Waals surface area contributed by atoms with Gasteiger partial charge >= 0.3 is 0 Å². The first-order valence-electron chi connectivity index (χ1n) is 9.11. The Labute approximate surface area is 156 Å². The standard InChI is InChI=1S/C23H28O3/c1-21(2,3)17-13-23(22(4,5)6)18(24)12-16(19(17)20(23)25)14-8-10-15(26-7)11-9-14/h8-13,19H,1-7H3/t19-,23+/m1/s1. The predicted octanol–water partition coefficient (Wildman–Crippen LogP) is 4.87. The molecule has 26 heavy (non-hydrogen) atoms. The monoisotopic (exact) mass is 352 g/mol. The van der Waals surface area contributed by atoms with E-state index in [-0.39, 0.29) is 22.9 Å². The summed E-state index contributed by atoms with van der Waals surface area (Å²) in [6.45, 7) is 12.3. The van der Waals surface area contributed by atoms with Crippen LogP contribution >= 0.6 is 0 Å². The van der Waals surface area contributed by atoms with Gasteiger partial charge in [0.05, 0.1) is 13.0 Å². The summed E-state index contributed by atoms with van der Waals surface area (Å²) in [6.07, 6.45) is 3.68. The van der Waals surface area contributed by atoms with Gasteiger partial charge in [-0.3, -0.25) is 9.59 Å². The van der Waals surface area contributed by atoms with Gasteiger partial charge in [0.15, 0.2) is 11.6 Å². The summed E-state index contributed by atoms with van der Waals surface area (Å²) in [5, 5.41) is 0. The van der Waals surface area contributed by atoms with Crippen molar-refractivity contribution < 1.29 is 14.3 Å². The first-order chi connectivity index (χ1) is 11.9. The second-order valence-electron chi connectivity index (χ2n) is 9.40. The third-order valence-corrected chi connectivity index (χ3v) is 5.79. The van der Waals surface area contributed by atoms with Crippen LogP contribution in [0.15, 0.2) is 42.0 Å². The zero-order valence-corrected chi connectivity index (χ0v) is 16.8. The highest BCUT2D eigenvalue weighted by Crippen LogP contribution is 2.58. The van der Waals surface area contributed by atoms with E-state index in [0.717, 1.165) is 22.5 Å². The van der Waals surface area contributed by atoms with Crippen molar-refractivity contribution in [3.8, 4) is 5.75 Å². The lowest BCUT2D eigenvalue weighted by atomic mass is 9.59. The van der Waals surface area contributed by atoms with Crippen LogP contribution < -0.4 is 4.74 Å². The summed E-state index contributed by atoms with van der Waals surface area (Å²) in [7, 11) is 1.62. The maximum absolute atomic E-state index is 13.6. The number of carbonyl (C=O) groups excluding carboxylic acids is 2. The van der Waals surface area contributed by atoms with E-state index >= 15 is 0 Å². The van der Waals surface area contributed by atoms with Gasteiger partial charge in [0.1, 0.15) is 11.2 Å². The quantitative estimate of drug-likeness (QED) is 0.563. The lowest BCUT2D eigenvalue weighted by Crippen LogP contribution is -2.49. The van der Waals surface area contributed by atoms with E-state index in [4.69, 9.17) is 4.74 Å². The van der Waals surface area contributed by atoms with Crippen molar-refractivity contribution in [2.75, 3.05) is 7.11 Å². The summed E-state index contributed by atoms with van der Waals surface area (Å²) in [5.41, 5.74) is 1.04. The first-order valence-corrected chi connectivity index (χ1v) is 9.11. The molecule has 1 aromatic rings. The molecule has 2 bridgehead atoms. The van der Waals surface area contributed by atoms with E-state index in [1.54, 1.807) is 13.2 Å². The van der Waals surface area contributed by atoms with Gasteiger partial charge in [0.2, 0.25) is 0 Å². The normalized spacial score (nSPS) is 25.9. The smallest absolute Gasteiger partial charge is 0.173 e. The predicted molar refractivity (Wildman–Crippen MR) is 104 cm³/mol. The second-order valence-corrected chi connectivity index (χ2v) is 9.40. The molecule has 2 aliphatic rings. The van der Waals surface area contributed by atoms with Crippen LogP contribution in [-0.4, -0.2) is 18.7 Å². The number of rotatable bonds is 2. The minimum Gasteiger partial charge on any atom is -0.497 e. The van der Waals surface area contributed by atoms with Gasteiger partial charge in [0, 0.05) is 0 Å². The summed E-state index contributed by atoms with van der Waals surface area (Å²) < 4.78 is 5.23. The Hall–Kier alpha value is -2.16. The molecule has 0 saturated heterocycles. The van der Waals surface area contributed by atoms with Crippen LogP contribution in [0.1, 0.15) is 47.1 Å². The summed E-state index contributed by atoms with van der Waals surface area (Å²) >= 11 is 0. The molecule has 0 amide bonds. The van der Waals surface area contributed by atoms with Crippen LogP contribution in [0.25, 0.3) is 5.57 Å². The number of methoxy groups -OCH3 is 1. The van der Waals surface area contributed by atoms with E-state index in [1.165, 1.54) is 0 Å². The molecular formula is C23H28O3. The molecule has 0 fully saturated rings. The van der Waals surface area contributed by atoms with Gasteiger partial charge in [-0.2, -0.15) is 0 Å². The van der Waals surface area contributed by atoms with Crippen molar-refractivity contribution in [3.63, 3.8) is 0 Å². The Morgan fingerprint density at radius 3 is 2.00 bits per heavy atom. The molecule has 0 aromatic heterocycles. The fourth-order valence-electron chi connectivity index (χ4n) is 4.24. The van der Waals surface area contributed by atoms with Gasteiger partial charge in [-0.25, -0.2) is 0 Å². The zero-order chi connectivity index (χ0) is 19.5. The first kappa shape index (κ1) is 18.6. The number of ketones is 2. The topological polar surface area (TPSA) is 43.4 Å². The van der Waals surface area contributed by atoms with E-state index in [9.17, 15) is 9.59 Å². The van der Waals surface area contributed by atoms with Gasteiger partial charge < -0.3 is 4.74 Å². The zero-order valence-electron chi connectivity index (χ0n) is 16.8. The molecule has 0 N–H and O–H groups in total. The highest BCUT2D eigenvalue weighted by Gasteiger charge is 2.62. The maximum atomic E-state index is 13.6. The fraction of sp³-hybridized carbons (Fsp3) is 0.478. The second kappa shape index (κ2) is 5.67. The van der Waals surface area contributed by atoms with Gasteiger partial charge in [-0.05, 0) is 40.2 Å². The number of ether oxygens (including phenoxy) is 1. The minimum atomic E-state index is -1.06. The van der Waals surface area contributed by atoms with Crippen molar-refractivity contribution in [2.45, 2.75) is 41.5 Å². The number of benzene rings is 1. The lowest BCUT2D eigenvalue weighted by molar-refractivity contribution is -0.141. The molecule has 1 aromatic carbocycles. The molecule has 2 aliphatic carbocycles. The van der Waals surface area contributed by atoms with Crippen LogP contribution in [0.3, 0.4) is 0 Å². The number of hydrogen-bond acceptors (Lipinski definition) is 3. The average molecular weight is 352 g/mol. The third kappa shape index (κ3) is 2.48. The van der Waals surface area contributed by atoms with Crippen LogP contribution in [0.5, 0.6) is 5.75 Å². The van der Waals surface area contributed by atoms with Crippen LogP contribution in [0.2, 0.25) is 0 Å². The molecule has 0 heterocycles. The Morgan fingerprint density at radius 1 is 0.962 bits per heavy atom. The Morgan fingerprint density at radius 2 is 1.54 bits per heavy atom. The molecule has 0 radical (unpaired) electrons. The Bertz CT molecular complexity index is 826. The number of fused-ring (bicyclic) bond motifs is 2. The lowest BCUT2D eigenvalue weighted by Gasteiger charge is -2.40. The van der Waals surface area contributed by atoms with Gasteiger partial charge in [0.25, 0.3) is 0 Å². The molecule has 0 spiro atoms. The molecule has 2 atom stereocenters. The summed E-state index contributed by atoms with van der Waals surface area (Å²) in [6, 6.07) is 7.58. The summed E-state index contributed by atoms with van der Waals surface area (Å²) in [5.74, 6) is 0.315. The van der Waals surface area contributed by atoms with Crippen LogP contribution in [0, 0.1) is 22.2 Å². The van der Waals surface area contributed by atoms with Crippen molar-refractivity contribution in [1.82, 2.24) is 0 Å². The van der Waals surface area contributed by atoms with Crippen molar-refractivity contribution in [2.24, 2.45) is 22.2 Å². The third-order valence-electron chi connectivity index (χ3n) is 5.79. The molecule has 0 aliphatic heterocycles. The number of Topliss-reactive ketones (excluding diaryl/α,β-unsaturated/α-hetero) is 1. The van der Waals surface area contributed by atoms with Gasteiger partial charge in [-0.15, -0.1) is 0 Å². The highest BCUT2D eigenvalue weighted by molar-refractivity contribution is 6.26. The van der Waals surface area contributed by atoms with E-state index in [0.29, 0.717) is 0 Å². The Kier molecular flexibility index (Phi) is 4.06. The minimum absolute atomic E-state index is 0.0215. The molecule has 0 saturated carbocycles. The van der Waals surface area contributed by atoms with Crippen molar-refractivity contribution in [1.29, 1.82) is 0 Å². The van der Waals surface area contributed by atoms with Crippen molar-refractivity contribution >= 4 is 17.1 Å². The number of carbonyl (C=O) groups is 2. The van der Waals surface area contributed by atoms with E-state index in [1.807, 2.05) is 51.1 Å². The summed E-state index contributed by atoms with van der Waals surface area (Å²) in [4.78, 5) is 26.8. The van der Waals surface area contributed by atoms with Crippen LogP contribution in [-0.2, 0) is 9.59 Å². The fourth-order valence-corrected chi connectivity index (χ4v) is 4.24. The number of allylic oxidation sites excluding steroid dienone is 4. The largest absolute Gasteiger partial charge is 0.497 e. The van der Waals surface area contributed by atoms with Crippen LogP contribution in [0.4, 0.5) is 0 Å². The SMILES string of the molecule is COc1ccc(C2=CC(=O)[C@@]3(C(C)(C)C)C=C(C(C)(C)C)[C@@H]2C3=O)cc1. The molecule has 3 heteroatoms. The molecule has 138 valence electrons. The van der Waals surface area contributed by atoms with Crippen molar-refractivity contribution in [3.05, 3.63) is 47.6 Å². The molecule has 3 nitrogen and oxygen atoms in total. The molecular weight excluding hydrogens is 324 g/mol. The highest BCUT2D eigenvalue weighted by atomic mass is 16.5. The van der Waals surface area contributed by atoms with E-state index in [2.05, 4.69) is 20.8 Å². The Balaban J connectivity index is 2.23. The maximum Gasteiger partial charge on any atom is 0.173 e. The average Bonchev–Trinajstić information content (AvgIpc) is 2.77. The van der Waals surface area contributed by atoms with Gasteiger partial charge in [-0.1, -0.05) is 65.3 Å².